The molecule has 2 amide bonds. The van der Waals surface area contributed by atoms with E-state index < -0.39 is 0 Å². The van der Waals surface area contributed by atoms with Gasteiger partial charge in [-0.2, -0.15) is 0 Å². The van der Waals surface area contributed by atoms with Gasteiger partial charge in [0.2, 0.25) is 0 Å². The van der Waals surface area contributed by atoms with Crippen LogP contribution in [0.5, 0.6) is 0 Å². The Morgan fingerprint density at radius 1 is 0.862 bits per heavy atom. The van der Waals surface area contributed by atoms with E-state index in [9.17, 15) is 9.59 Å². The quantitative estimate of drug-likeness (QED) is 0.528. The average molecular weight is 387 g/mol. The number of hydrogen-bond acceptors (Lipinski definition) is 5. The van der Waals surface area contributed by atoms with E-state index in [1.807, 2.05) is 30.3 Å². The normalized spacial score (nSPS) is 10.5. The van der Waals surface area contributed by atoms with Crippen molar-refractivity contribution in [3.63, 3.8) is 0 Å². The van der Waals surface area contributed by atoms with E-state index in [-0.39, 0.29) is 23.3 Å². The van der Waals surface area contributed by atoms with Gasteiger partial charge in [0.15, 0.2) is 11.5 Å². The van der Waals surface area contributed by atoms with Crippen molar-refractivity contribution in [3.05, 3.63) is 96.2 Å². The van der Waals surface area contributed by atoms with Crippen molar-refractivity contribution in [3.8, 4) is 0 Å². The van der Waals surface area contributed by atoms with Gasteiger partial charge in [-0.3, -0.25) is 9.59 Å². The topological polar surface area (TPSA) is 102 Å². The minimum Gasteiger partial charge on any atom is -0.459 e. The number of carbonyl (C=O) groups is 2. The molecule has 144 valence electrons. The summed E-state index contributed by atoms with van der Waals surface area (Å²) in [4.78, 5) is 24.4. The standard InChI is InChI=1S/C21H17N5O3/c27-20(18-14-26(25-24-18)13-15-5-2-1-3-6-15)22-16-8-10-17(11-9-16)23-21(28)19-7-4-12-29-19/h1-12,14H,13H2,(H,22,27)(H,23,28). The van der Waals surface area contributed by atoms with Gasteiger partial charge >= 0.3 is 0 Å². The monoisotopic (exact) mass is 387 g/mol. The van der Waals surface area contributed by atoms with E-state index >= 15 is 0 Å². The Balaban J connectivity index is 1.35. The van der Waals surface area contributed by atoms with Gasteiger partial charge in [0.05, 0.1) is 19.0 Å². The second kappa shape index (κ2) is 8.22. The smallest absolute Gasteiger partial charge is 0.291 e. The van der Waals surface area contributed by atoms with Crippen LogP contribution in [0.15, 0.2) is 83.6 Å². The third kappa shape index (κ3) is 4.56. The van der Waals surface area contributed by atoms with Gasteiger partial charge in [-0.25, -0.2) is 4.68 Å². The summed E-state index contributed by atoms with van der Waals surface area (Å²) < 4.78 is 6.66. The minimum absolute atomic E-state index is 0.219. The van der Waals surface area contributed by atoms with E-state index in [1.54, 1.807) is 47.3 Å². The van der Waals surface area contributed by atoms with Gasteiger partial charge in [0.25, 0.3) is 11.8 Å². The summed E-state index contributed by atoms with van der Waals surface area (Å²) in [6.07, 6.45) is 3.03. The molecule has 0 saturated carbocycles. The van der Waals surface area contributed by atoms with Crippen molar-refractivity contribution in [1.82, 2.24) is 15.0 Å². The molecule has 8 heteroatoms. The van der Waals surface area contributed by atoms with Gasteiger partial charge in [0.1, 0.15) is 0 Å². The van der Waals surface area contributed by atoms with Crippen LogP contribution in [0.1, 0.15) is 26.6 Å². The first-order chi connectivity index (χ1) is 14.2. The molecule has 0 aliphatic heterocycles. The van der Waals surface area contributed by atoms with Gasteiger partial charge in [-0.15, -0.1) is 5.10 Å². The van der Waals surface area contributed by atoms with Crippen molar-refractivity contribution >= 4 is 23.2 Å². The predicted octanol–water partition coefficient (Wildman–Crippen LogP) is 3.42. The molecule has 0 saturated heterocycles. The van der Waals surface area contributed by atoms with E-state index in [1.165, 1.54) is 6.26 Å². The van der Waals surface area contributed by atoms with E-state index in [4.69, 9.17) is 4.42 Å². The first-order valence-corrected chi connectivity index (χ1v) is 8.88. The SMILES string of the molecule is O=C(Nc1ccc(NC(=O)c2ccco2)cc1)c1cn(Cc2ccccc2)nn1. The van der Waals surface area contributed by atoms with Gasteiger partial charge < -0.3 is 15.1 Å². The zero-order valence-electron chi connectivity index (χ0n) is 15.3. The minimum atomic E-state index is -0.364. The maximum Gasteiger partial charge on any atom is 0.291 e. The van der Waals surface area contributed by atoms with Crippen LogP contribution in [0.25, 0.3) is 0 Å². The molecule has 0 unspecified atom stereocenters. The zero-order valence-corrected chi connectivity index (χ0v) is 15.3. The van der Waals surface area contributed by atoms with Crippen LogP contribution in [0.3, 0.4) is 0 Å². The molecule has 4 aromatic rings. The molecule has 2 heterocycles. The number of hydrogen-bond donors (Lipinski definition) is 2. The predicted molar refractivity (Wildman–Crippen MR) is 107 cm³/mol. The third-order valence-electron chi connectivity index (χ3n) is 4.10. The first-order valence-electron chi connectivity index (χ1n) is 8.88. The molecule has 0 fully saturated rings. The van der Waals surface area contributed by atoms with E-state index in [0.717, 1.165) is 5.56 Å². The van der Waals surface area contributed by atoms with Crippen molar-refractivity contribution < 1.29 is 14.0 Å². The fraction of sp³-hybridized carbons (Fsp3) is 0.0476. The maximum absolute atomic E-state index is 12.4. The van der Waals surface area contributed by atoms with Crippen LogP contribution in [0.4, 0.5) is 11.4 Å². The average Bonchev–Trinajstić information content (AvgIpc) is 3.42. The van der Waals surface area contributed by atoms with Crippen LogP contribution >= 0.6 is 0 Å². The summed E-state index contributed by atoms with van der Waals surface area (Å²) in [5.74, 6) is -0.487. The van der Waals surface area contributed by atoms with Crippen LogP contribution in [0, 0.1) is 0 Å². The molecule has 0 radical (unpaired) electrons. The summed E-state index contributed by atoms with van der Waals surface area (Å²) in [7, 11) is 0. The zero-order chi connectivity index (χ0) is 20.1. The van der Waals surface area contributed by atoms with Gasteiger partial charge in [-0.05, 0) is 42.0 Å². The van der Waals surface area contributed by atoms with Crippen molar-refractivity contribution in [2.45, 2.75) is 6.54 Å². The highest BCUT2D eigenvalue weighted by atomic mass is 16.3. The number of anilines is 2. The number of aromatic nitrogens is 3. The molecular weight excluding hydrogens is 370 g/mol. The number of rotatable bonds is 6. The van der Waals surface area contributed by atoms with Crippen molar-refractivity contribution in [2.75, 3.05) is 10.6 Å². The summed E-state index contributed by atoms with van der Waals surface area (Å²) >= 11 is 0. The molecule has 0 bridgehead atoms. The lowest BCUT2D eigenvalue weighted by Crippen LogP contribution is -2.13. The molecule has 0 aliphatic rings. The largest absolute Gasteiger partial charge is 0.459 e. The molecule has 0 spiro atoms. The van der Waals surface area contributed by atoms with E-state index in [2.05, 4.69) is 20.9 Å². The molecule has 2 aromatic heterocycles. The van der Waals surface area contributed by atoms with Gasteiger partial charge in [0, 0.05) is 11.4 Å². The van der Waals surface area contributed by atoms with Crippen molar-refractivity contribution in [2.24, 2.45) is 0 Å². The number of carbonyl (C=O) groups excluding carboxylic acids is 2. The second-order valence-electron chi connectivity index (χ2n) is 6.25. The maximum atomic E-state index is 12.4. The number of furan rings is 1. The number of nitrogens with zero attached hydrogens (tertiary/aromatic N) is 3. The van der Waals surface area contributed by atoms with Crippen molar-refractivity contribution in [1.29, 1.82) is 0 Å². The van der Waals surface area contributed by atoms with Crippen LogP contribution in [0.2, 0.25) is 0 Å². The lowest BCUT2D eigenvalue weighted by molar-refractivity contribution is 0.0994. The Bertz CT molecular complexity index is 1100. The number of amides is 2. The lowest BCUT2D eigenvalue weighted by Gasteiger charge is -2.06. The summed E-state index contributed by atoms with van der Waals surface area (Å²) in [6, 6.07) is 19.7. The summed E-state index contributed by atoms with van der Waals surface area (Å²) in [5, 5.41) is 13.4. The first kappa shape index (κ1) is 18.2. The third-order valence-corrected chi connectivity index (χ3v) is 4.10. The molecule has 4 rings (SSSR count). The van der Waals surface area contributed by atoms with Crippen LogP contribution in [-0.2, 0) is 6.54 Å². The Labute approximate surface area is 166 Å². The molecule has 2 aromatic carbocycles. The molecule has 0 atom stereocenters. The number of nitrogens with one attached hydrogen (secondary N) is 2. The molecule has 8 nitrogen and oxygen atoms in total. The summed E-state index contributed by atoms with van der Waals surface area (Å²) in [5.41, 5.74) is 2.44. The highest BCUT2D eigenvalue weighted by Crippen LogP contribution is 2.15. The number of benzene rings is 2. The second-order valence-corrected chi connectivity index (χ2v) is 6.25. The molecular formula is C21H17N5O3. The Morgan fingerprint density at radius 2 is 1.55 bits per heavy atom. The van der Waals surface area contributed by atoms with Crippen LogP contribution in [-0.4, -0.2) is 26.8 Å². The van der Waals surface area contributed by atoms with E-state index in [0.29, 0.717) is 17.9 Å². The molecule has 0 aliphatic carbocycles. The highest BCUT2D eigenvalue weighted by molar-refractivity contribution is 6.04. The van der Waals surface area contributed by atoms with Gasteiger partial charge in [-0.1, -0.05) is 35.5 Å². The lowest BCUT2D eigenvalue weighted by atomic mass is 10.2. The Morgan fingerprint density at radius 3 is 2.21 bits per heavy atom. The highest BCUT2D eigenvalue weighted by Gasteiger charge is 2.12. The molecule has 29 heavy (non-hydrogen) atoms. The van der Waals surface area contributed by atoms with Crippen LogP contribution < -0.4 is 10.6 Å². The summed E-state index contributed by atoms with van der Waals surface area (Å²) in [6.45, 7) is 0.533. The molecule has 2 N–H and O–H groups in total. The fourth-order valence-corrected chi connectivity index (χ4v) is 2.68. The fourth-order valence-electron chi connectivity index (χ4n) is 2.68. The Hall–Kier alpha value is -4.20. The Kier molecular flexibility index (Phi) is 5.15.